The van der Waals surface area contributed by atoms with Crippen LogP contribution in [0.25, 0.3) is 0 Å². The first-order chi connectivity index (χ1) is 8.27. The van der Waals surface area contributed by atoms with Crippen molar-refractivity contribution in [3.63, 3.8) is 0 Å². The highest BCUT2D eigenvalue weighted by atomic mass is 32.2. The van der Waals surface area contributed by atoms with Crippen molar-refractivity contribution >= 4 is 9.84 Å². The molecule has 3 nitrogen and oxygen atoms in total. The van der Waals surface area contributed by atoms with Gasteiger partial charge in [-0.3, -0.25) is 0 Å². The summed E-state index contributed by atoms with van der Waals surface area (Å²) in [5.41, 5.74) is 0.0689. The lowest BCUT2D eigenvalue weighted by atomic mass is 9.73. The van der Waals surface area contributed by atoms with Crippen LogP contribution >= 0.6 is 0 Å². The molecular formula is C14H29NO2S. The summed E-state index contributed by atoms with van der Waals surface area (Å²) in [4.78, 5) is 0. The summed E-state index contributed by atoms with van der Waals surface area (Å²) in [5.74, 6) is 0. The fourth-order valence-electron chi connectivity index (χ4n) is 3.10. The smallest absolute Gasteiger partial charge is 0.157 e. The minimum absolute atomic E-state index is 0.0689. The molecule has 0 amide bonds. The number of nitrogens with one attached hydrogen (secondary N) is 1. The number of hydrogen-bond donors (Lipinski definition) is 1. The Bertz CT molecular complexity index is 362. The molecule has 1 aliphatic carbocycles. The summed E-state index contributed by atoms with van der Waals surface area (Å²) < 4.78 is 25.3. The van der Waals surface area contributed by atoms with E-state index in [1.54, 1.807) is 0 Å². The first kappa shape index (κ1) is 16.0. The average Bonchev–Trinajstić information content (AvgIpc) is 2.30. The van der Waals surface area contributed by atoms with Crippen LogP contribution in [0.1, 0.15) is 60.3 Å². The van der Waals surface area contributed by atoms with E-state index in [4.69, 9.17) is 0 Å². The van der Waals surface area contributed by atoms with Crippen LogP contribution in [0.4, 0.5) is 0 Å². The van der Waals surface area contributed by atoms with E-state index < -0.39 is 9.84 Å². The molecule has 0 bridgehead atoms. The predicted octanol–water partition coefficient (Wildman–Crippen LogP) is 2.76. The number of rotatable bonds is 5. The van der Waals surface area contributed by atoms with Gasteiger partial charge in [-0.15, -0.1) is 0 Å². The van der Waals surface area contributed by atoms with Crippen LogP contribution in [0, 0.1) is 5.41 Å². The topological polar surface area (TPSA) is 46.2 Å². The van der Waals surface area contributed by atoms with Crippen molar-refractivity contribution in [1.82, 2.24) is 5.32 Å². The zero-order valence-electron chi connectivity index (χ0n) is 12.5. The molecule has 0 saturated heterocycles. The van der Waals surface area contributed by atoms with Crippen molar-refractivity contribution in [2.24, 2.45) is 5.41 Å². The SMILES string of the molecule is CCNC1C(S(=O)(=O)C(C)CC)CCCC1(C)C. The first-order valence-electron chi connectivity index (χ1n) is 7.23. The second kappa shape index (κ2) is 5.91. The first-order valence-corrected chi connectivity index (χ1v) is 8.84. The van der Waals surface area contributed by atoms with E-state index in [0.717, 1.165) is 25.8 Å². The molecule has 108 valence electrons. The minimum atomic E-state index is -3.02. The van der Waals surface area contributed by atoms with Crippen molar-refractivity contribution in [1.29, 1.82) is 0 Å². The Morgan fingerprint density at radius 1 is 1.33 bits per heavy atom. The second-order valence-corrected chi connectivity index (χ2v) is 8.85. The summed E-state index contributed by atoms with van der Waals surface area (Å²) in [6.45, 7) is 11.1. The number of sulfone groups is 1. The summed E-state index contributed by atoms with van der Waals surface area (Å²) in [6.07, 6.45) is 3.65. The average molecular weight is 275 g/mol. The summed E-state index contributed by atoms with van der Waals surface area (Å²) in [6, 6.07) is 0.0928. The molecule has 0 radical (unpaired) electrons. The highest BCUT2D eigenvalue weighted by Gasteiger charge is 2.45. The Kier molecular flexibility index (Phi) is 5.24. The highest BCUT2D eigenvalue weighted by Crippen LogP contribution is 2.39. The van der Waals surface area contributed by atoms with Gasteiger partial charge in [-0.05, 0) is 38.1 Å². The molecule has 1 rings (SSSR count). The van der Waals surface area contributed by atoms with Crippen LogP contribution < -0.4 is 5.32 Å². The lowest BCUT2D eigenvalue weighted by molar-refractivity contribution is 0.172. The van der Waals surface area contributed by atoms with Crippen LogP contribution in [0.3, 0.4) is 0 Å². The van der Waals surface area contributed by atoms with E-state index in [0.29, 0.717) is 6.42 Å². The van der Waals surface area contributed by atoms with E-state index in [9.17, 15) is 8.42 Å². The monoisotopic (exact) mass is 275 g/mol. The van der Waals surface area contributed by atoms with Crippen LogP contribution in [-0.2, 0) is 9.84 Å². The normalized spacial score (nSPS) is 30.1. The molecule has 0 heterocycles. The second-order valence-electron chi connectivity index (χ2n) is 6.26. The lowest BCUT2D eigenvalue weighted by Crippen LogP contribution is -2.56. The van der Waals surface area contributed by atoms with E-state index in [1.165, 1.54) is 0 Å². The van der Waals surface area contributed by atoms with Crippen LogP contribution in [0.2, 0.25) is 0 Å². The van der Waals surface area contributed by atoms with Gasteiger partial charge in [0.15, 0.2) is 9.84 Å². The maximum absolute atomic E-state index is 12.6. The maximum atomic E-state index is 12.6. The zero-order valence-corrected chi connectivity index (χ0v) is 13.3. The van der Waals surface area contributed by atoms with E-state index in [2.05, 4.69) is 26.1 Å². The van der Waals surface area contributed by atoms with Gasteiger partial charge in [0, 0.05) is 6.04 Å². The van der Waals surface area contributed by atoms with E-state index in [1.807, 2.05) is 13.8 Å². The van der Waals surface area contributed by atoms with Crippen LogP contribution in [0.15, 0.2) is 0 Å². The molecule has 0 aromatic heterocycles. The highest BCUT2D eigenvalue weighted by molar-refractivity contribution is 7.92. The van der Waals surface area contributed by atoms with Gasteiger partial charge in [0.2, 0.25) is 0 Å². The van der Waals surface area contributed by atoms with Crippen molar-refractivity contribution in [3.05, 3.63) is 0 Å². The largest absolute Gasteiger partial charge is 0.312 e. The molecule has 1 fully saturated rings. The molecule has 1 aliphatic rings. The fraction of sp³-hybridized carbons (Fsp3) is 1.00. The van der Waals surface area contributed by atoms with Crippen LogP contribution in [-0.4, -0.2) is 31.5 Å². The minimum Gasteiger partial charge on any atom is -0.312 e. The molecular weight excluding hydrogens is 246 g/mol. The summed E-state index contributed by atoms with van der Waals surface area (Å²) in [5, 5.41) is 2.99. The third kappa shape index (κ3) is 3.08. The molecule has 3 atom stereocenters. The van der Waals surface area contributed by atoms with Gasteiger partial charge in [0.1, 0.15) is 0 Å². The van der Waals surface area contributed by atoms with Crippen molar-refractivity contribution in [3.8, 4) is 0 Å². The quantitative estimate of drug-likeness (QED) is 0.839. The Labute approximate surface area is 113 Å². The fourth-order valence-corrected chi connectivity index (χ4v) is 5.50. The standard InChI is InChI=1S/C14H29NO2S/c1-6-11(3)18(16,17)12-9-8-10-14(4,5)13(12)15-7-2/h11-13,15H,6-10H2,1-5H3. The third-order valence-electron chi connectivity index (χ3n) is 4.51. The lowest BCUT2D eigenvalue weighted by Gasteiger charge is -2.44. The van der Waals surface area contributed by atoms with E-state index >= 15 is 0 Å². The van der Waals surface area contributed by atoms with Crippen LogP contribution in [0.5, 0.6) is 0 Å². The Balaban J connectivity index is 3.04. The Hall–Kier alpha value is -0.0900. The Morgan fingerprint density at radius 3 is 2.44 bits per heavy atom. The predicted molar refractivity (Wildman–Crippen MR) is 77.6 cm³/mol. The molecule has 1 saturated carbocycles. The Morgan fingerprint density at radius 2 is 1.94 bits per heavy atom. The van der Waals surface area contributed by atoms with Gasteiger partial charge in [-0.25, -0.2) is 8.42 Å². The van der Waals surface area contributed by atoms with Gasteiger partial charge in [-0.1, -0.05) is 34.1 Å². The molecule has 0 aliphatic heterocycles. The van der Waals surface area contributed by atoms with Crippen molar-refractivity contribution in [2.45, 2.75) is 76.8 Å². The van der Waals surface area contributed by atoms with E-state index in [-0.39, 0.29) is 22.0 Å². The van der Waals surface area contributed by atoms with Gasteiger partial charge in [-0.2, -0.15) is 0 Å². The van der Waals surface area contributed by atoms with Crippen molar-refractivity contribution < 1.29 is 8.42 Å². The van der Waals surface area contributed by atoms with Gasteiger partial charge in [0.25, 0.3) is 0 Å². The number of hydrogen-bond acceptors (Lipinski definition) is 3. The molecule has 0 spiro atoms. The van der Waals surface area contributed by atoms with Gasteiger partial charge >= 0.3 is 0 Å². The maximum Gasteiger partial charge on any atom is 0.157 e. The molecule has 1 N–H and O–H groups in total. The van der Waals surface area contributed by atoms with Gasteiger partial charge < -0.3 is 5.32 Å². The van der Waals surface area contributed by atoms with Gasteiger partial charge in [0.05, 0.1) is 10.5 Å². The molecule has 4 heteroatoms. The van der Waals surface area contributed by atoms with Crippen molar-refractivity contribution in [2.75, 3.05) is 6.54 Å². The summed E-state index contributed by atoms with van der Waals surface area (Å²) in [7, 11) is -3.02. The zero-order chi connectivity index (χ0) is 14.0. The molecule has 3 unspecified atom stereocenters. The molecule has 0 aromatic rings. The summed E-state index contributed by atoms with van der Waals surface area (Å²) >= 11 is 0. The third-order valence-corrected chi connectivity index (χ3v) is 7.31. The molecule has 18 heavy (non-hydrogen) atoms. The molecule has 0 aromatic carbocycles.